The maximum Gasteiger partial charge on any atom is 0.257 e. The number of hydrogen-bond donors (Lipinski definition) is 1. The molecule has 23 heavy (non-hydrogen) atoms. The van der Waals surface area contributed by atoms with E-state index < -0.39 is 0 Å². The zero-order valence-corrected chi connectivity index (χ0v) is 12.6. The fourth-order valence-corrected chi connectivity index (χ4v) is 2.58. The maximum atomic E-state index is 12.4. The predicted molar refractivity (Wildman–Crippen MR) is 85.3 cm³/mol. The van der Waals surface area contributed by atoms with Crippen molar-refractivity contribution in [2.45, 2.75) is 6.92 Å². The second-order valence-corrected chi connectivity index (χ2v) is 5.38. The van der Waals surface area contributed by atoms with Gasteiger partial charge in [0.05, 0.1) is 11.3 Å². The number of nitrogens with one attached hydrogen (secondary N) is 1. The molecule has 0 spiro atoms. The predicted octanol–water partition coefficient (Wildman–Crippen LogP) is 2.67. The zero-order valence-electron chi connectivity index (χ0n) is 12.6. The lowest BCUT2D eigenvalue weighted by molar-refractivity contribution is 0.102. The number of imidazole rings is 1. The molecule has 0 unspecified atom stereocenters. The molecule has 3 heterocycles. The monoisotopic (exact) mass is 309 g/mol. The third-order valence-corrected chi connectivity index (χ3v) is 3.63. The van der Waals surface area contributed by atoms with E-state index >= 15 is 0 Å². The minimum absolute atomic E-state index is 0.185. The SMILES string of the molecule is Cc1cn2cc(C(=O)Nc3ccc4c(c3)OCCO4)ccc2n1. The number of hydrogen-bond acceptors (Lipinski definition) is 4. The first-order valence-corrected chi connectivity index (χ1v) is 7.35. The van der Waals surface area contributed by atoms with Crippen LogP contribution < -0.4 is 14.8 Å². The van der Waals surface area contributed by atoms with Crippen molar-refractivity contribution in [2.24, 2.45) is 0 Å². The Hall–Kier alpha value is -3.02. The highest BCUT2D eigenvalue weighted by molar-refractivity contribution is 6.04. The zero-order chi connectivity index (χ0) is 15.8. The van der Waals surface area contributed by atoms with Gasteiger partial charge in [0.15, 0.2) is 11.5 Å². The van der Waals surface area contributed by atoms with E-state index in [4.69, 9.17) is 9.47 Å². The summed E-state index contributed by atoms with van der Waals surface area (Å²) in [7, 11) is 0. The molecule has 1 amide bonds. The van der Waals surface area contributed by atoms with E-state index in [1.165, 1.54) is 0 Å². The summed E-state index contributed by atoms with van der Waals surface area (Å²) < 4.78 is 12.8. The van der Waals surface area contributed by atoms with Crippen molar-refractivity contribution >= 4 is 17.2 Å². The van der Waals surface area contributed by atoms with Gasteiger partial charge in [0, 0.05) is 24.1 Å². The van der Waals surface area contributed by atoms with Crippen molar-refractivity contribution in [1.82, 2.24) is 9.38 Å². The smallest absolute Gasteiger partial charge is 0.257 e. The van der Waals surface area contributed by atoms with Crippen LogP contribution in [0, 0.1) is 6.92 Å². The summed E-state index contributed by atoms with van der Waals surface area (Å²) >= 11 is 0. The Balaban J connectivity index is 1.58. The summed E-state index contributed by atoms with van der Waals surface area (Å²) in [6, 6.07) is 8.95. The summed E-state index contributed by atoms with van der Waals surface area (Å²) in [6.07, 6.45) is 3.65. The summed E-state index contributed by atoms with van der Waals surface area (Å²) in [6.45, 7) is 2.98. The third-order valence-electron chi connectivity index (χ3n) is 3.63. The summed E-state index contributed by atoms with van der Waals surface area (Å²) in [5.74, 6) is 1.16. The minimum atomic E-state index is -0.185. The average molecular weight is 309 g/mol. The van der Waals surface area contributed by atoms with Crippen LogP contribution in [-0.4, -0.2) is 28.5 Å². The number of aromatic nitrogens is 2. The Labute approximate surface area is 132 Å². The second-order valence-electron chi connectivity index (χ2n) is 5.38. The number of carbonyl (C=O) groups is 1. The molecule has 0 fully saturated rings. The van der Waals surface area contributed by atoms with Gasteiger partial charge in [-0.2, -0.15) is 0 Å². The largest absolute Gasteiger partial charge is 0.486 e. The van der Waals surface area contributed by atoms with Gasteiger partial charge in [-0.05, 0) is 31.2 Å². The summed E-state index contributed by atoms with van der Waals surface area (Å²) in [5, 5.41) is 2.87. The number of anilines is 1. The van der Waals surface area contributed by atoms with Crippen LogP contribution in [0.1, 0.15) is 16.1 Å². The Morgan fingerprint density at radius 3 is 2.83 bits per heavy atom. The molecule has 0 radical (unpaired) electrons. The second kappa shape index (κ2) is 5.31. The molecule has 1 aromatic carbocycles. The van der Waals surface area contributed by atoms with E-state index in [1.807, 2.05) is 23.6 Å². The average Bonchev–Trinajstić information content (AvgIpc) is 2.93. The van der Waals surface area contributed by atoms with Crippen molar-refractivity contribution in [3.8, 4) is 11.5 Å². The number of rotatable bonds is 2. The fraction of sp³-hybridized carbons (Fsp3) is 0.176. The van der Waals surface area contributed by atoms with Gasteiger partial charge in [0.1, 0.15) is 18.9 Å². The van der Waals surface area contributed by atoms with E-state index in [0.29, 0.717) is 36.0 Å². The molecule has 4 rings (SSSR count). The molecule has 0 saturated heterocycles. The molecule has 6 heteroatoms. The van der Waals surface area contributed by atoms with Gasteiger partial charge >= 0.3 is 0 Å². The number of carbonyl (C=O) groups excluding carboxylic acids is 1. The molecular formula is C17H15N3O3. The van der Waals surface area contributed by atoms with E-state index in [2.05, 4.69) is 10.3 Å². The highest BCUT2D eigenvalue weighted by atomic mass is 16.6. The number of aryl methyl sites for hydroxylation is 1. The standard InChI is InChI=1S/C17H15N3O3/c1-11-9-20-10-12(2-5-16(20)18-11)17(21)19-13-3-4-14-15(8-13)23-7-6-22-14/h2-5,8-10H,6-7H2,1H3,(H,19,21). The van der Waals surface area contributed by atoms with Gasteiger partial charge in [-0.25, -0.2) is 4.98 Å². The van der Waals surface area contributed by atoms with Crippen LogP contribution >= 0.6 is 0 Å². The first-order valence-electron chi connectivity index (χ1n) is 7.35. The van der Waals surface area contributed by atoms with Crippen LogP contribution in [0.15, 0.2) is 42.7 Å². The van der Waals surface area contributed by atoms with Crippen molar-refractivity contribution in [3.05, 3.63) is 54.0 Å². The molecule has 3 aromatic rings. The number of pyridine rings is 1. The number of nitrogens with zero attached hydrogens (tertiary/aromatic N) is 2. The Morgan fingerprint density at radius 1 is 1.13 bits per heavy atom. The molecule has 1 aliphatic heterocycles. The molecule has 0 saturated carbocycles. The lowest BCUT2D eigenvalue weighted by atomic mass is 10.2. The summed E-state index contributed by atoms with van der Waals surface area (Å²) in [4.78, 5) is 16.8. The van der Waals surface area contributed by atoms with E-state index in [0.717, 1.165) is 11.3 Å². The van der Waals surface area contributed by atoms with Crippen LogP contribution in [-0.2, 0) is 0 Å². The summed E-state index contributed by atoms with van der Waals surface area (Å²) in [5.41, 5.74) is 2.96. The van der Waals surface area contributed by atoms with Crippen LogP contribution in [0.2, 0.25) is 0 Å². The lowest BCUT2D eigenvalue weighted by Gasteiger charge is -2.19. The van der Waals surface area contributed by atoms with Crippen LogP contribution in [0.5, 0.6) is 11.5 Å². The first-order chi connectivity index (χ1) is 11.2. The Bertz CT molecular complexity index is 901. The van der Waals surface area contributed by atoms with Crippen LogP contribution in [0.25, 0.3) is 5.65 Å². The van der Waals surface area contributed by atoms with Gasteiger partial charge in [-0.15, -0.1) is 0 Å². The molecule has 2 aromatic heterocycles. The van der Waals surface area contributed by atoms with Crippen LogP contribution in [0.3, 0.4) is 0 Å². The van der Waals surface area contributed by atoms with Gasteiger partial charge in [-0.1, -0.05) is 0 Å². The molecule has 0 atom stereocenters. The third kappa shape index (κ3) is 2.59. The molecule has 1 N–H and O–H groups in total. The van der Waals surface area contributed by atoms with Crippen molar-refractivity contribution < 1.29 is 14.3 Å². The van der Waals surface area contributed by atoms with E-state index in [1.54, 1.807) is 30.5 Å². The molecule has 0 aliphatic carbocycles. The molecular weight excluding hydrogens is 294 g/mol. The number of amides is 1. The Morgan fingerprint density at radius 2 is 1.96 bits per heavy atom. The molecule has 1 aliphatic rings. The van der Waals surface area contributed by atoms with Gasteiger partial charge in [-0.3, -0.25) is 4.79 Å². The highest BCUT2D eigenvalue weighted by Crippen LogP contribution is 2.32. The van der Waals surface area contributed by atoms with E-state index in [9.17, 15) is 4.79 Å². The molecule has 0 bridgehead atoms. The number of fused-ring (bicyclic) bond motifs is 2. The van der Waals surface area contributed by atoms with Crippen molar-refractivity contribution in [1.29, 1.82) is 0 Å². The van der Waals surface area contributed by atoms with Crippen molar-refractivity contribution in [3.63, 3.8) is 0 Å². The molecule has 6 nitrogen and oxygen atoms in total. The minimum Gasteiger partial charge on any atom is -0.486 e. The fourth-order valence-electron chi connectivity index (χ4n) is 2.58. The number of benzene rings is 1. The lowest BCUT2D eigenvalue weighted by Crippen LogP contribution is -2.16. The van der Waals surface area contributed by atoms with Crippen LogP contribution in [0.4, 0.5) is 5.69 Å². The first kappa shape index (κ1) is 13.6. The topological polar surface area (TPSA) is 64.9 Å². The highest BCUT2D eigenvalue weighted by Gasteiger charge is 2.14. The quantitative estimate of drug-likeness (QED) is 0.790. The van der Waals surface area contributed by atoms with Gasteiger partial charge in [0.25, 0.3) is 5.91 Å². The maximum absolute atomic E-state index is 12.4. The normalized spacial score (nSPS) is 13.1. The van der Waals surface area contributed by atoms with Crippen molar-refractivity contribution in [2.75, 3.05) is 18.5 Å². The Kier molecular flexibility index (Phi) is 3.15. The van der Waals surface area contributed by atoms with Gasteiger partial charge in [0.2, 0.25) is 0 Å². The molecule has 116 valence electrons. The van der Waals surface area contributed by atoms with Gasteiger partial charge < -0.3 is 19.2 Å². The number of ether oxygens (including phenoxy) is 2. The van der Waals surface area contributed by atoms with E-state index in [-0.39, 0.29) is 5.91 Å².